The van der Waals surface area contributed by atoms with Gasteiger partial charge in [-0.3, -0.25) is 14.4 Å². The Balaban J connectivity index is 0.00000870. The lowest BCUT2D eigenvalue weighted by Crippen LogP contribution is -3.00. The molecule has 4 rings (SSSR count). The SMILES string of the molecule is COCCCNC(=O)COc1ccc(CCC[N+]2(CCCc3ccc(OCC(=O)NCCCOC)cc3)CCC[C@H](NC(=O)c3nc(Cl)c(N)nc3N)C2)cc1.[Cl-]. The molecule has 2 aromatic carbocycles. The van der Waals surface area contributed by atoms with Gasteiger partial charge in [-0.25, -0.2) is 9.97 Å². The number of nitrogens with zero attached hydrogens (tertiary/aromatic N) is 3. The van der Waals surface area contributed by atoms with Gasteiger partial charge in [0.2, 0.25) is 0 Å². The van der Waals surface area contributed by atoms with Crippen molar-refractivity contribution < 1.29 is 50.2 Å². The zero-order valence-electron chi connectivity index (χ0n) is 33.0. The molecule has 7 N–H and O–H groups in total. The molecule has 0 spiro atoms. The number of nitrogens with two attached hydrogens (primary N) is 2. The Morgan fingerprint density at radius 2 is 1.28 bits per heavy atom. The van der Waals surface area contributed by atoms with E-state index in [4.69, 9.17) is 42.0 Å². The van der Waals surface area contributed by atoms with Crippen LogP contribution in [0.15, 0.2) is 48.5 Å². The van der Waals surface area contributed by atoms with Crippen molar-refractivity contribution in [1.82, 2.24) is 25.9 Å². The van der Waals surface area contributed by atoms with E-state index in [1.807, 2.05) is 48.5 Å². The second-order valence-corrected chi connectivity index (χ2v) is 14.5. The molecule has 57 heavy (non-hydrogen) atoms. The molecule has 1 atom stereocenters. The molecule has 1 aliphatic rings. The van der Waals surface area contributed by atoms with Gasteiger partial charge < -0.3 is 63.3 Å². The third kappa shape index (κ3) is 16.5. The van der Waals surface area contributed by atoms with Crippen LogP contribution in [-0.4, -0.2) is 118 Å². The fraction of sp³-hybridized carbons (Fsp3) is 0.525. The molecule has 1 aliphatic heterocycles. The molecule has 314 valence electrons. The number of carbonyl (C=O) groups is 3. The standard InChI is InChI=1S/C40H57ClN8O7.ClH/c1-53-24-6-19-44-34(50)27-55-32-15-11-29(12-16-32)8-3-21-49(23-5-10-31(26-49)46-40(52)36-38(42)48-39(43)37(41)47-36)22-4-9-30-13-17-33(18-14-30)56-28-35(51)45-20-7-25-54-2;/h11-18,31H,3-10,19-28H2,1-2H3,(H6-,42,43,44,45,46,48,50,51,52);1H/t31-;/m0./s1. The Kier molecular flexibility index (Phi) is 20.6. The molecule has 0 bridgehead atoms. The number of halogens is 2. The average molecular weight is 834 g/mol. The maximum Gasteiger partial charge on any atom is 0.274 e. The molecule has 1 fully saturated rings. The van der Waals surface area contributed by atoms with Crippen LogP contribution in [0.4, 0.5) is 11.6 Å². The van der Waals surface area contributed by atoms with E-state index in [1.54, 1.807) is 14.2 Å². The predicted octanol–water partition coefficient (Wildman–Crippen LogP) is 0.336. The number of amides is 3. The number of nitrogens with one attached hydrogen (secondary N) is 3. The minimum absolute atomic E-state index is 0. The Morgan fingerprint density at radius 1 is 0.772 bits per heavy atom. The first-order chi connectivity index (χ1) is 27.1. The van der Waals surface area contributed by atoms with Crippen LogP contribution in [0, 0.1) is 0 Å². The van der Waals surface area contributed by atoms with Gasteiger partial charge >= 0.3 is 0 Å². The zero-order valence-corrected chi connectivity index (χ0v) is 34.5. The summed E-state index contributed by atoms with van der Waals surface area (Å²) in [6.45, 7) is 5.84. The highest BCUT2D eigenvalue weighted by molar-refractivity contribution is 6.31. The number of likely N-dealkylation sites (tertiary alicyclic amines) is 1. The first-order valence-corrected chi connectivity index (χ1v) is 19.7. The van der Waals surface area contributed by atoms with Crippen LogP contribution >= 0.6 is 11.6 Å². The molecule has 0 saturated carbocycles. The van der Waals surface area contributed by atoms with Crippen molar-refractivity contribution in [3.8, 4) is 11.5 Å². The number of hydrogen-bond donors (Lipinski definition) is 5. The van der Waals surface area contributed by atoms with Crippen LogP contribution in [0.1, 0.15) is 60.1 Å². The second-order valence-electron chi connectivity index (χ2n) is 14.1. The molecule has 15 nitrogen and oxygen atoms in total. The van der Waals surface area contributed by atoms with Crippen molar-refractivity contribution in [3.63, 3.8) is 0 Å². The van der Waals surface area contributed by atoms with Gasteiger partial charge in [0.15, 0.2) is 35.7 Å². The molecule has 0 unspecified atom stereocenters. The van der Waals surface area contributed by atoms with E-state index < -0.39 is 5.91 Å². The molecule has 0 radical (unpaired) electrons. The molecule has 3 aromatic rings. The number of aryl methyl sites for hydroxylation is 2. The average Bonchev–Trinajstić information content (AvgIpc) is 3.19. The number of aromatic nitrogens is 2. The van der Waals surface area contributed by atoms with E-state index in [2.05, 4.69) is 25.9 Å². The van der Waals surface area contributed by atoms with E-state index in [0.717, 1.165) is 82.0 Å². The summed E-state index contributed by atoms with van der Waals surface area (Å²) in [7, 11) is 3.27. The lowest BCUT2D eigenvalue weighted by molar-refractivity contribution is -0.933. The number of hydrogen-bond acceptors (Lipinski definition) is 11. The van der Waals surface area contributed by atoms with E-state index in [-0.39, 0.29) is 66.0 Å². The molecular weight excluding hydrogens is 775 g/mol. The van der Waals surface area contributed by atoms with Crippen LogP contribution in [0.3, 0.4) is 0 Å². The molecule has 17 heteroatoms. The van der Waals surface area contributed by atoms with Crippen LogP contribution in [0.25, 0.3) is 0 Å². The summed E-state index contributed by atoms with van der Waals surface area (Å²) < 4.78 is 22.2. The minimum atomic E-state index is -0.418. The van der Waals surface area contributed by atoms with Crippen LogP contribution < -0.4 is 49.3 Å². The van der Waals surface area contributed by atoms with Gasteiger partial charge in [0.25, 0.3) is 17.7 Å². The predicted molar refractivity (Wildman–Crippen MR) is 216 cm³/mol. The maximum atomic E-state index is 13.3. The number of quaternary nitrogens is 1. The number of benzene rings is 2. The van der Waals surface area contributed by atoms with Gasteiger partial charge in [-0.05, 0) is 73.9 Å². The normalized spacial score (nSPS) is 14.5. The van der Waals surface area contributed by atoms with Gasteiger partial charge in [-0.1, -0.05) is 35.9 Å². The Morgan fingerprint density at radius 3 is 1.77 bits per heavy atom. The molecule has 0 aliphatic carbocycles. The lowest BCUT2D eigenvalue weighted by atomic mass is 9.99. The molecule has 2 heterocycles. The fourth-order valence-corrected chi connectivity index (χ4v) is 6.98. The smallest absolute Gasteiger partial charge is 0.274 e. The first kappa shape index (κ1) is 47.0. The molecule has 1 aromatic heterocycles. The highest BCUT2D eigenvalue weighted by Crippen LogP contribution is 2.25. The number of rotatable bonds is 24. The second kappa shape index (κ2) is 25.1. The number of anilines is 2. The van der Waals surface area contributed by atoms with Crippen LogP contribution in [0.5, 0.6) is 11.5 Å². The van der Waals surface area contributed by atoms with Crippen molar-refractivity contribution in [2.24, 2.45) is 0 Å². The van der Waals surface area contributed by atoms with Crippen molar-refractivity contribution in [3.05, 3.63) is 70.5 Å². The van der Waals surface area contributed by atoms with Gasteiger partial charge in [-0.2, -0.15) is 0 Å². The lowest BCUT2D eigenvalue weighted by Gasteiger charge is -2.45. The van der Waals surface area contributed by atoms with E-state index in [9.17, 15) is 14.4 Å². The molecular formula is C40H58Cl2N8O7. The van der Waals surface area contributed by atoms with Crippen molar-refractivity contribution in [2.75, 3.05) is 91.4 Å². The summed E-state index contributed by atoms with van der Waals surface area (Å²) in [6, 6.07) is 15.7. The monoisotopic (exact) mass is 832 g/mol. The largest absolute Gasteiger partial charge is 1.00 e. The van der Waals surface area contributed by atoms with Gasteiger partial charge in [0.1, 0.15) is 11.5 Å². The first-order valence-electron chi connectivity index (χ1n) is 19.3. The number of nitrogen functional groups attached to an aromatic ring is 2. The highest BCUT2D eigenvalue weighted by atomic mass is 35.5. The van der Waals surface area contributed by atoms with Crippen molar-refractivity contribution >= 4 is 41.0 Å². The summed E-state index contributed by atoms with van der Waals surface area (Å²) in [5.41, 5.74) is 14.0. The van der Waals surface area contributed by atoms with Crippen LogP contribution in [0.2, 0.25) is 5.15 Å². The third-order valence-corrected chi connectivity index (χ3v) is 10.0. The van der Waals surface area contributed by atoms with E-state index in [0.29, 0.717) is 37.8 Å². The summed E-state index contributed by atoms with van der Waals surface area (Å²) in [5.74, 6) is 0.458. The van der Waals surface area contributed by atoms with E-state index >= 15 is 0 Å². The number of carbonyl (C=O) groups excluding carboxylic acids is 3. The quantitative estimate of drug-likeness (QED) is 0.0616. The Hall–Kier alpha value is -4.41. The van der Waals surface area contributed by atoms with Crippen molar-refractivity contribution in [1.29, 1.82) is 0 Å². The maximum absolute atomic E-state index is 13.3. The zero-order chi connectivity index (χ0) is 40.2. The highest BCUT2D eigenvalue weighted by Gasteiger charge is 2.35. The van der Waals surface area contributed by atoms with Gasteiger partial charge in [0, 0.05) is 53.4 Å². The number of ether oxygens (including phenoxy) is 4. The number of methoxy groups -OCH3 is 2. The van der Waals surface area contributed by atoms with Gasteiger partial charge in [-0.15, -0.1) is 0 Å². The molecule has 3 amide bonds. The fourth-order valence-electron chi connectivity index (χ4n) is 6.85. The Labute approximate surface area is 346 Å². The van der Waals surface area contributed by atoms with Crippen molar-refractivity contribution in [2.45, 2.75) is 57.4 Å². The summed E-state index contributed by atoms with van der Waals surface area (Å²) in [5, 5.41) is 8.73. The van der Waals surface area contributed by atoms with E-state index in [1.165, 1.54) is 11.1 Å². The van der Waals surface area contributed by atoms with Gasteiger partial charge in [0.05, 0.1) is 32.2 Å². The Bertz CT molecular complexity index is 1610. The molecule has 1 saturated heterocycles. The topological polar surface area (TPSA) is 202 Å². The number of piperidine rings is 1. The third-order valence-electron chi connectivity index (χ3n) is 9.73. The summed E-state index contributed by atoms with van der Waals surface area (Å²) >= 11 is 6.07. The summed E-state index contributed by atoms with van der Waals surface area (Å²) in [4.78, 5) is 45.5. The minimum Gasteiger partial charge on any atom is -1.00 e. The van der Waals surface area contributed by atoms with Crippen LogP contribution in [-0.2, 0) is 31.9 Å². The summed E-state index contributed by atoms with van der Waals surface area (Å²) in [6.07, 6.45) is 6.93.